The summed E-state index contributed by atoms with van der Waals surface area (Å²) in [6, 6.07) is 8.88. The van der Waals surface area contributed by atoms with Gasteiger partial charge in [0.25, 0.3) is 0 Å². The van der Waals surface area contributed by atoms with E-state index in [2.05, 4.69) is 115 Å². The lowest BCUT2D eigenvalue weighted by Crippen LogP contribution is -2.55. The highest BCUT2D eigenvalue weighted by atomic mass is 32.2. The Labute approximate surface area is 449 Å². The summed E-state index contributed by atoms with van der Waals surface area (Å²) in [4.78, 5) is 15.0. The predicted molar refractivity (Wildman–Crippen MR) is 308 cm³/mol. The van der Waals surface area contributed by atoms with Crippen LogP contribution in [0.15, 0.2) is 59.7 Å². The van der Waals surface area contributed by atoms with Crippen LogP contribution >= 0.6 is 23.5 Å². The first-order valence-electron chi connectivity index (χ1n) is 27.2. The molecular weight excluding hydrogens is 977 g/mol. The number of rotatable bonds is 20. The minimum absolute atomic E-state index is 0.0639. The Hall–Kier alpha value is -1.44. The molecule has 0 aromatic heterocycles. The van der Waals surface area contributed by atoms with Crippen molar-refractivity contribution in [2.75, 3.05) is 45.7 Å². The first-order valence-corrected chi connectivity index (χ1v) is 35.1. The van der Waals surface area contributed by atoms with Gasteiger partial charge in [-0.25, -0.2) is 4.79 Å². The molecule has 0 unspecified atom stereocenters. The first-order chi connectivity index (χ1) is 33.8. The lowest BCUT2D eigenvalue weighted by Gasteiger charge is -2.48. The fourth-order valence-corrected chi connectivity index (χ4v) is 21.4. The van der Waals surface area contributed by atoms with Gasteiger partial charge in [0.15, 0.2) is 6.10 Å². The van der Waals surface area contributed by atoms with Crippen molar-refractivity contribution in [2.45, 2.75) is 206 Å². The molecule has 12 atom stereocenters. The van der Waals surface area contributed by atoms with Crippen LogP contribution in [0.5, 0.6) is 5.75 Å². The third kappa shape index (κ3) is 18.1. The van der Waals surface area contributed by atoms with E-state index in [-0.39, 0.29) is 47.3 Å². The molecule has 14 heteroatoms. The third-order valence-corrected chi connectivity index (χ3v) is 27.3. The number of esters is 1. The average Bonchev–Trinajstić information content (AvgIpc) is 3.32. The van der Waals surface area contributed by atoms with Gasteiger partial charge >= 0.3 is 5.97 Å². The first kappa shape index (κ1) is 64.8. The summed E-state index contributed by atoms with van der Waals surface area (Å²) >= 11 is 4.10. The quantitative estimate of drug-likeness (QED) is 0.0425. The molecule has 0 radical (unpaired) electrons. The van der Waals surface area contributed by atoms with E-state index in [1.165, 1.54) is 5.57 Å². The predicted octanol–water partition coefficient (Wildman–Crippen LogP) is 13.7. The molecule has 1 spiro atoms. The van der Waals surface area contributed by atoms with Gasteiger partial charge in [-0.1, -0.05) is 132 Å². The van der Waals surface area contributed by atoms with E-state index in [0.717, 1.165) is 48.1 Å². The molecular formula is C58H102O10S2Si2. The van der Waals surface area contributed by atoms with Crippen molar-refractivity contribution < 1.29 is 47.9 Å². The maximum absolute atomic E-state index is 15.0. The second kappa shape index (κ2) is 30.5. The number of benzene rings is 1. The molecule has 0 amide bonds. The van der Waals surface area contributed by atoms with Gasteiger partial charge in [0.05, 0.1) is 54.9 Å². The Kier molecular flexibility index (Phi) is 27.5. The highest BCUT2D eigenvalue weighted by Crippen LogP contribution is 2.53. The van der Waals surface area contributed by atoms with Crippen LogP contribution in [-0.4, -0.2) is 119 Å². The fourth-order valence-electron chi connectivity index (χ4n) is 11.5. The molecule has 0 saturated carbocycles. The number of thioether (sulfide) groups is 2. The van der Waals surface area contributed by atoms with Crippen LogP contribution in [0.1, 0.15) is 122 Å². The minimum Gasteiger partial charge on any atom is -0.497 e. The molecule has 0 bridgehead atoms. The van der Waals surface area contributed by atoms with Gasteiger partial charge in [-0.15, -0.1) is 23.5 Å². The standard InChI is InChI=1S/C58H102O10S2Si2/c1-20-22-41(8)33-43(10)52(60)50-36-66-57(61)56(67-37-64-29-32-71(17,18)19)55(63-16)47(14)54(65-35-48-23-25-49(62-15)26-24-48)46(13)53(68-72(38(2)3,39(4)5)40(6)7)44(11)34-45(12)58(69-30-21-31-70-58)28-27-42(9)51(50)59/h20,22-26,33-34,38-42,45-47,50-56,59-60H,21,27-32,35-37H2,1-19H3/b22-20-,43-33+,44-34+/t41-,42+,45-,46+,47+,50-,51+,52+,53-,54-,55-,56+/m0/s1. The third-order valence-electron chi connectivity index (χ3n) is 15.7. The molecule has 0 aliphatic carbocycles. The molecule has 1 aromatic carbocycles. The normalized spacial score (nSPS) is 29.8. The SMILES string of the molecule is C/C=C\[C@H](C)/C=C(\C)[C@@H](O)[C@H]1COC(=O)[C@H](OCOCC[Si](C)(C)C)[C@@H](OC)[C@H](C)[C@@H](OCc2ccc(OC)cc2)[C@H](C)[C@@H](O[Si](C(C)C)(C(C)C)C(C)C)/C(C)=C/[C@H](C)C2(CC[C@@H](C)[C@H]1O)SCCCS2. The number of allylic oxidation sites excluding steroid dienone is 4. The monoisotopic (exact) mass is 1080 g/mol. The Balaban J connectivity index is 2.39. The van der Waals surface area contributed by atoms with Crippen LogP contribution in [0.3, 0.4) is 0 Å². The zero-order valence-electron chi connectivity index (χ0n) is 48.3. The van der Waals surface area contributed by atoms with Gasteiger partial charge in [-0.05, 0) is 121 Å². The van der Waals surface area contributed by atoms with E-state index in [9.17, 15) is 15.0 Å². The Bertz CT molecular complexity index is 1810. The summed E-state index contributed by atoms with van der Waals surface area (Å²) in [5, 5.41) is 24.6. The molecule has 2 heterocycles. The van der Waals surface area contributed by atoms with E-state index in [1.54, 1.807) is 14.2 Å². The number of aliphatic hydroxyl groups is 2. The van der Waals surface area contributed by atoms with Gasteiger partial charge < -0.3 is 43.1 Å². The van der Waals surface area contributed by atoms with Crippen molar-refractivity contribution in [2.24, 2.45) is 35.5 Å². The van der Waals surface area contributed by atoms with Crippen molar-refractivity contribution in [1.82, 2.24) is 0 Å². The number of hydrogen-bond donors (Lipinski definition) is 2. The maximum atomic E-state index is 15.0. The van der Waals surface area contributed by atoms with Crippen LogP contribution in [0.4, 0.5) is 0 Å². The van der Waals surface area contributed by atoms with Crippen molar-refractivity contribution in [3.05, 3.63) is 65.3 Å². The lowest BCUT2D eigenvalue weighted by molar-refractivity contribution is -0.195. The van der Waals surface area contributed by atoms with Crippen molar-refractivity contribution in [3.8, 4) is 5.75 Å². The second-order valence-corrected chi connectivity index (χ2v) is 37.6. The van der Waals surface area contributed by atoms with Gasteiger partial charge in [0.2, 0.25) is 8.32 Å². The molecule has 1 fully saturated rings. The number of carbonyl (C=O) groups excluding carboxylic acids is 1. The molecule has 414 valence electrons. The molecule has 2 aliphatic heterocycles. The van der Waals surface area contributed by atoms with E-state index < -0.39 is 64.7 Å². The molecule has 1 saturated heterocycles. The number of carbonyl (C=O) groups is 1. The van der Waals surface area contributed by atoms with Crippen molar-refractivity contribution in [3.63, 3.8) is 0 Å². The molecule has 10 nitrogen and oxygen atoms in total. The average molecular weight is 1080 g/mol. The van der Waals surface area contributed by atoms with Crippen LogP contribution in [-0.2, 0) is 39.5 Å². The summed E-state index contributed by atoms with van der Waals surface area (Å²) < 4.78 is 46.0. The Morgan fingerprint density at radius 2 is 1.51 bits per heavy atom. The van der Waals surface area contributed by atoms with Gasteiger partial charge in [-0.2, -0.15) is 0 Å². The number of cyclic esters (lactones) is 1. The number of hydrogen-bond acceptors (Lipinski definition) is 12. The van der Waals surface area contributed by atoms with Gasteiger partial charge in [0, 0.05) is 39.5 Å². The van der Waals surface area contributed by atoms with E-state index >= 15 is 0 Å². The van der Waals surface area contributed by atoms with E-state index in [0.29, 0.717) is 35.4 Å². The lowest BCUT2D eigenvalue weighted by atomic mass is 9.81. The Morgan fingerprint density at radius 1 is 0.903 bits per heavy atom. The highest BCUT2D eigenvalue weighted by molar-refractivity contribution is 8.18. The van der Waals surface area contributed by atoms with E-state index in [4.69, 9.17) is 32.8 Å². The summed E-state index contributed by atoms with van der Waals surface area (Å²) in [6.07, 6.45) is 6.31. The highest BCUT2D eigenvalue weighted by Gasteiger charge is 2.50. The fraction of sp³-hybridized carbons (Fsp3) is 0.776. The zero-order valence-corrected chi connectivity index (χ0v) is 52.0. The van der Waals surface area contributed by atoms with Crippen molar-refractivity contribution >= 4 is 45.9 Å². The second-order valence-electron chi connectivity index (χ2n) is 23.4. The van der Waals surface area contributed by atoms with E-state index in [1.807, 2.05) is 73.8 Å². The molecule has 2 N–H and O–H groups in total. The van der Waals surface area contributed by atoms with Crippen LogP contribution in [0.2, 0.25) is 42.3 Å². The molecule has 1 aromatic rings. The number of methoxy groups -OCH3 is 2. The van der Waals surface area contributed by atoms with Crippen LogP contribution in [0, 0.1) is 35.5 Å². The van der Waals surface area contributed by atoms with Crippen LogP contribution in [0.25, 0.3) is 0 Å². The summed E-state index contributed by atoms with van der Waals surface area (Å²) in [5.41, 5.74) is 3.88. The van der Waals surface area contributed by atoms with Crippen molar-refractivity contribution in [1.29, 1.82) is 0 Å². The topological polar surface area (TPSA) is 122 Å². The number of aliphatic hydroxyl groups excluding tert-OH is 2. The molecule has 2 aliphatic rings. The minimum atomic E-state index is -2.52. The molecule has 72 heavy (non-hydrogen) atoms. The summed E-state index contributed by atoms with van der Waals surface area (Å²) in [5.74, 6) is 0.775. The molecule has 3 rings (SSSR count). The summed E-state index contributed by atoms with van der Waals surface area (Å²) in [6.45, 7) is 38.3. The smallest absolute Gasteiger partial charge is 0.338 e. The van der Waals surface area contributed by atoms with Gasteiger partial charge in [0.1, 0.15) is 12.5 Å². The number of ether oxygens (including phenoxy) is 6. The largest absolute Gasteiger partial charge is 0.497 e. The summed E-state index contributed by atoms with van der Waals surface area (Å²) in [7, 11) is -0.667. The zero-order chi connectivity index (χ0) is 54.1. The van der Waals surface area contributed by atoms with Gasteiger partial charge in [-0.3, -0.25) is 0 Å². The van der Waals surface area contributed by atoms with Crippen LogP contribution < -0.4 is 4.74 Å². The maximum Gasteiger partial charge on any atom is 0.338 e. The Morgan fingerprint density at radius 3 is 2.06 bits per heavy atom.